The van der Waals surface area contributed by atoms with E-state index in [0.717, 1.165) is 16.6 Å². The van der Waals surface area contributed by atoms with E-state index in [9.17, 15) is 9.59 Å². The van der Waals surface area contributed by atoms with Gasteiger partial charge in [-0.1, -0.05) is 18.2 Å². The van der Waals surface area contributed by atoms with Crippen molar-refractivity contribution in [3.63, 3.8) is 0 Å². The minimum atomic E-state index is -0.949. The van der Waals surface area contributed by atoms with Gasteiger partial charge >= 0.3 is 5.97 Å². The van der Waals surface area contributed by atoms with Crippen molar-refractivity contribution < 1.29 is 14.7 Å². The standard InChI is InChI=1S/C16H12N2O3/c1-9(19)15-17-13-7-6-12(8-14(13)18-15)10-2-4-11(5-3-10)16(20)21/h2-8H,1H3,(H,17,18)(H,20,21). The summed E-state index contributed by atoms with van der Waals surface area (Å²) in [6.45, 7) is 1.46. The third-order valence-electron chi connectivity index (χ3n) is 3.28. The molecule has 0 aliphatic rings. The maximum Gasteiger partial charge on any atom is 0.335 e. The van der Waals surface area contributed by atoms with Crippen molar-refractivity contribution >= 4 is 22.8 Å². The van der Waals surface area contributed by atoms with E-state index >= 15 is 0 Å². The molecule has 3 rings (SSSR count). The van der Waals surface area contributed by atoms with Crippen LogP contribution >= 0.6 is 0 Å². The number of aromatic nitrogens is 2. The predicted molar refractivity (Wildman–Crippen MR) is 78.5 cm³/mol. The van der Waals surface area contributed by atoms with Crippen LogP contribution in [0.15, 0.2) is 42.5 Å². The van der Waals surface area contributed by atoms with Crippen LogP contribution in [0, 0.1) is 0 Å². The summed E-state index contributed by atoms with van der Waals surface area (Å²) in [5.74, 6) is -0.725. The van der Waals surface area contributed by atoms with E-state index in [4.69, 9.17) is 5.11 Å². The predicted octanol–water partition coefficient (Wildman–Crippen LogP) is 3.13. The first-order valence-electron chi connectivity index (χ1n) is 6.39. The molecule has 2 N–H and O–H groups in total. The van der Waals surface area contributed by atoms with Crippen LogP contribution in [0.4, 0.5) is 0 Å². The Morgan fingerprint density at radius 1 is 1.05 bits per heavy atom. The van der Waals surface area contributed by atoms with Gasteiger partial charge in [0.2, 0.25) is 0 Å². The van der Waals surface area contributed by atoms with Gasteiger partial charge < -0.3 is 10.1 Å². The van der Waals surface area contributed by atoms with Gasteiger partial charge in [-0.3, -0.25) is 4.79 Å². The average molecular weight is 280 g/mol. The average Bonchev–Trinajstić information content (AvgIpc) is 2.90. The van der Waals surface area contributed by atoms with Gasteiger partial charge in [-0.15, -0.1) is 0 Å². The van der Waals surface area contributed by atoms with Crippen molar-refractivity contribution in [2.45, 2.75) is 6.92 Å². The highest BCUT2D eigenvalue weighted by atomic mass is 16.4. The van der Waals surface area contributed by atoms with Crippen molar-refractivity contribution in [2.24, 2.45) is 0 Å². The number of fused-ring (bicyclic) bond motifs is 1. The monoisotopic (exact) mass is 280 g/mol. The maximum atomic E-state index is 11.3. The van der Waals surface area contributed by atoms with E-state index < -0.39 is 5.97 Å². The molecule has 0 unspecified atom stereocenters. The van der Waals surface area contributed by atoms with Crippen LogP contribution in [-0.4, -0.2) is 26.8 Å². The molecule has 0 radical (unpaired) electrons. The summed E-state index contributed by atoms with van der Waals surface area (Å²) in [7, 11) is 0. The van der Waals surface area contributed by atoms with Gasteiger partial charge in [0.25, 0.3) is 0 Å². The molecule has 0 bridgehead atoms. The molecular weight excluding hydrogens is 268 g/mol. The first-order valence-corrected chi connectivity index (χ1v) is 6.39. The minimum absolute atomic E-state index is 0.112. The molecule has 1 aromatic heterocycles. The fourth-order valence-corrected chi connectivity index (χ4v) is 2.16. The number of aromatic carboxylic acids is 1. The second-order valence-electron chi connectivity index (χ2n) is 4.76. The van der Waals surface area contributed by atoms with E-state index in [-0.39, 0.29) is 11.3 Å². The number of carbonyl (C=O) groups is 2. The smallest absolute Gasteiger partial charge is 0.335 e. The van der Waals surface area contributed by atoms with Gasteiger partial charge in [0.1, 0.15) is 0 Å². The highest BCUT2D eigenvalue weighted by Gasteiger charge is 2.08. The summed E-state index contributed by atoms with van der Waals surface area (Å²) in [4.78, 5) is 29.4. The van der Waals surface area contributed by atoms with Crippen molar-refractivity contribution in [3.8, 4) is 11.1 Å². The topological polar surface area (TPSA) is 83.1 Å². The Balaban J connectivity index is 2.03. The normalized spacial score (nSPS) is 10.7. The zero-order valence-electron chi connectivity index (χ0n) is 11.3. The second kappa shape index (κ2) is 4.86. The summed E-state index contributed by atoms with van der Waals surface area (Å²) in [5.41, 5.74) is 3.57. The molecule has 0 fully saturated rings. The van der Waals surface area contributed by atoms with Gasteiger partial charge in [0.05, 0.1) is 16.6 Å². The van der Waals surface area contributed by atoms with Gasteiger partial charge in [0.15, 0.2) is 11.6 Å². The number of H-pyrrole nitrogens is 1. The van der Waals surface area contributed by atoms with Crippen molar-refractivity contribution in [2.75, 3.05) is 0 Å². The third-order valence-corrected chi connectivity index (χ3v) is 3.28. The number of rotatable bonds is 3. The number of nitrogens with zero attached hydrogens (tertiary/aromatic N) is 1. The lowest BCUT2D eigenvalue weighted by Crippen LogP contribution is -1.94. The molecule has 21 heavy (non-hydrogen) atoms. The van der Waals surface area contributed by atoms with Crippen LogP contribution < -0.4 is 0 Å². The Kier molecular flexibility index (Phi) is 3.02. The third kappa shape index (κ3) is 2.41. The summed E-state index contributed by atoms with van der Waals surface area (Å²) >= 11 is 0. The van der Waals surface area contributed by atoms with Crippen molar-refractivity contribution in [1.82, 2.24) is 9.97 Å². The first-order chi connectivity index (χ1) is 10.0. The number of carbonyl (C=O) groups excluding carboxylic acids is 1. The number of aromatic amines is 1. The Morgan fingerprint density at radius 3 is 2.33 bits per heavy atom. The summed E-state index contributed by atoms with van der Waals surface area (Å²) in [6.07, 6.45) is 0. The van der Waals surface area contributed by atoms with E-state index in [1.165, 1.54) is 6.92 Å². The number of carboxylic acids is 1. The Morgan fingerprint density at radius 2 is 1.71 bits per heavy atom. The number of Topliss-reactive ketones (excluding diaryl/α,β-unsaturated/α-hetero) is 1. The molecular formula is C16H12N2O3. The SMILES string of the molecule is CC(=O)c1nc2cc(-c3ccc(C(=O)O)cc3)ccc2[nH]1. The minimum Gasteiger partial charge on any atom is -0.478 e. The van der Waals surface area contributed by atoms with Crippen LogP contribution in [-0.2, 0) is 0 Å². The Labute approximate surface area is 120 Å². The number of benzene rings is 2. The molecule has 0 atom stereocenters. The van der Waals surface area contributed by atoms with E-state index in [2.05, 4.69) is 9.97 Å². The van der Waals surface area contributed by atoms with E-state index in [0.29, 0.717) is 11.3 Å². The van der Waals surface area contributed by atoms with Crippen LogP contribution in [0.2, 0.25) is 0 Å². The number of carboxylic acid groups (broad SMARTS) is 1. The molecule has 0 saturated heterocycles. The quantitative estimate of drug-likeness (QED) is 0.722. The summed E-state index contributed by atoms with van der Waals surface area (Å²) in [5, 5.41) is 8.90. The number of hydrogen-bond donors (Lipinski definition) is 2. The highest BCUT2D eigenvalue weighted by molar-refractivity contribution is 5.95. The Hall–Kier alpha value is -2.95. The van der Waals surface area contributed by atoms with Crippen molar-refractivity contribution in [1.29, 1.82) is 0 Å². The fourth-order valence-electron chi connectivity index (χ4n) is 2.16. The van der Waals surface area contributed by atoms with Gasteiger partial charge in [-0.05, 0) is 35.4 Å². The molecule has 5 heteroatoms. The first kappa shape index (κ1) is 13.1. The van der Waals surface area contributed by atoms with E-state index in [1.807, 2.05) is 18.2 Å². The molecule has 0 saturated carbocycles. The van der Waals surface area contributed by atoms with Crippen LogP contribution in [0.25, 0.3) is 22.2 Å². The lowest BCUT2D eigenvalue weighted by molar-refractivity contribution is 0.0696. The van der Waals surface area contributed by atoms with Gasteiger partial charge in [-0.25, -0.2) is 9.78 Å². The fraction of sp³-hybridized carbons (Fsp3) is 0.0625. The zero-order valence-corrected chi connectivity index (χ0v) is 11.3. The lowest BCUT2D eigenvalue weighted by atomic mass is 10.0. The van der Waals surface area contributed by atoms with Crippen molar-refractivity contribution in [3.05, 3.63) is 53.9 Å². The molecule has 5 nitrogen and oxygen atoms in total. The second-order valence-corrected chi connectivity index (χ2v) is 4.76. The zero-order chi connectivity index (χ0) is 15.0. The van der Waals surface area contributed by atoms with Gasteiger partial charge in [0, 0.05) is 6.92 Å². The summed E-state index contributed by atoms with van der Waals surface area (Å²) in [6, 6.07) is 12.3. The number of nitrogens with one attached hydrogen (secondary N) is 1. The van der Waals surface area contributed by atoms with Gasteiger partial charge in [-0.2, -0.15) is 0 Å². The highest BCUT2D eigenvalue weighted by Crippen LogP contribution is 2.24. The molecule has 3 aromatic rings. The van der Waals surface area contributed by atoms with Crippen LogP contribution in [0.1, 0.15) is 27.9 Å². The molecule has 0 amide bonds. The summed E-state index contributed by atoms with van der Waals surface area (Å²) < 4.78 is 0. The van der Waals surface area contributed by atoms with Crippen LogP contribution in [0.3, 0.4) is 0 Å². The molecule has 2 aromatic carbocycles. The molecule has 104 valence electrons. The van der Waals surface area contributed by atoms with Crippen LogP contribution in [0.5, 0.6) is 0 Å². The molecule has 0 aliphatic carbocycles. The lowest BCUT2D eigenvalue weighted by Gasteiger charge is -2.02. The largest absolute Gasteiger partial charge is 0.478 e. The maximum absolute atomic E-state index is 11.3. The molecule has 0 aliphatic heterocycles. The number of ketones is 1. The molecule has 0 spiro atoms. The number of imidazole rings is 1. The number of hydrogen-bond acceptors (Lipinski definition) is 3. The van der Waals surface area contributed by atoms with E-state index in [1.54, 1.807) is 24.3 Å². The molecule has 1 heterocycles. The Bertz CT molecular complexity index is 848.